The second kappa shape index (κ2) is 6.42. The van der Waals surface area contributed by atoms with Gasteiger partial charge in [-0.05, 0) is 39.0 Å². The van der Waals surface area contributed by atoms with Crippen LogP contribution >= 0.6 is 0 Å². The predicted molar refractivity (Wildman–Crippen MR) is 79.1 cm³/mol. The molecule has 0 amide bonds. The van der Waals surface area contributed by atoms with Crippen LogP contribution in [0.25, 0.3) is 0 Å². The van der Waals surface area contributed by atoms with Crippen LogP contribution in [0.1, 0.15) is 31.1 Å². The number of sulfonamides is 1. The first-order valence-electron chi connectivity index (χ1n) is 6.33. The molecule has 0 atom stereocenters. The van der Waals surface area contributed by atoms with Gasteiger partial charge in [0.25, 0.3) is 0 Å². The van der Waals surface area contributed by atoms with Crippen molar-refractivity contribution in [1.82, 2.24) is 4.72 Å². The first-order valence-corrected chi connectivity index (χ1v) is 7.81. The van der Waals surface area contributed by atoms with E-state index in [-0.39, 0.29) is 23.6 Å². The van der Waals surface area contributed by atoms with Gasteiger partial charge in [-0.2, -0.15) is 0 Å². The molecule has 118 valence electrons. The van der Waals surface area contributed by atoms with Crippen molar-refractivity contribution < 1.29 is 23.4 Å². The fraction of sp³-hybridized carbons (Fsp3) is 0.462. The van der Waals surface area contributed by atoms with Crippen LogP contribution in [0.5, 0.6) is 0 Å². The number of benzene rings is 1. The zero-order valence-electron chi connectivity index (χ0n) is 12.2. The fourth-order valence-electron chi connectivity index (χ4n) is 1.64. The van der Waals surface area contributed by atoms with Crippen molar-refractivity contribution in [2.45, 2.75) is 31.2 Å². The monoisotopic (exact) mass is 316 g/mol. The second-order valence-electron chi connectivity index (χ2n) is 5.51. The van der Waals surface area contributed by atoms with Crippen LogP contribution in [0, 0.1) is 0 Å². The number of carbonyl (C=O) groups is 1. The van der Waals surface area contributed by atoms with Crippen molar-refractivity contribution >= 4 is 21.7 Å². The van der Waals surface area contributed by atoms with Gasteiger partial charge in [0, 0.05) is 12.1 Å². The molecule has 0 aromatic heterocycles. The molecule has 0 saturated carbocycles. The zero-order chi connectivity index (χ0) is 16.3. The Kier molecular flexibility index (Phi) is 5.32. The Morgan fingerprint density at radius 1 is 1.29 bits per heavy atom. The third-order valence-corrected chi connectivity index (χ3v) is 3.93. The van der Waals surface area contributed by atoms with E-state index in [0.29, 0.717) is 5.69 Å². The summed E-state index contributed by atoms with van der Waals surface area (Å²) in [6.07, 6.45) is 0. The standard InChI is InChI=1S/C13H20N2O5S/c1-13(2,3)15-10-5-4-9(12(17)18)8-11(10)21(19,20)14-6-7-16/h4-5,8,14-16H,6-7H2,1-3H3,(H,17,18). The number of aliphatic hydroxyl groups is 1. The SMILES string of the molecule is CC(C)(C)Nc1ccc(C(=O)O)cc1S(=O)(=O)NCCO. The van der Waals surface area contributed by atoms with Crippen LogP contribution in [-0.2, 0) is 10.0 Å². The van der Waals surface area contributed by atoms with Crippen LogP contribution in [0.15, 0.2) is 23.1 Å². The molecule has 0 bridgehead atoms. The fourth-order valence-corrected chi connectivity index (χ4v) is 2.85. The van der Waals surface area contributed by atoms with Crippen molar-refractivity contribution in [3.63, 3.8) is 0 Å². The predicted octanol–water partition coefficient (Wildman–Crippen LogP) is 0.866. The summed E-state index contributed by atoms with van der Waals surface area (Å²) >= 11 is 0. The second-order valence-corrected chi connectivity index (χ2v) is 7.25. The number of rotatable bonds is 6. The molecule has 0 fully saturated rings. The molecule has 0 heterocycles. The topological polar surface area (TPSA) is 116 Å². The van der Waals surface area contributed by atoms with E-state index < -0.39 is 21.5 Å². The van der Waals surface area contributed by atoms with Crippen LogP contribution < -0.4 is 10.0 Å². The first kappa shape index (κ1) is 17.4. The minimum atomic E-state index is -3.92. The smallest absolute Gasteiger partial charge is 0.335 e. The number of carboxylic acid groups (broad SMARTS) is 1. The quantitative estimate of drug-likeness (QED) is 0.619. The molecule has 1 aromatic rings. The molecular formula is C13H20N2O5S. The van der Waals surface area contributed by atoms with Crippen molar-refractivity contribution in [3.8, 4) is 0 Å². The van der Waals surface area contributed by atoms with E-state index in [0.717, 1.165) is 6.07 Å². The summed E-state index contributed by atoms with van der Waals surface area (Å²) in [5, 5.41) is 20.8. The number of hydrogen-bond donors (Lipinski definition) is 4. The molecule has 0 saturated heterocycles. The van der Waals surface area contributed by atoms with E-state index in [1.165, 1.54) is 12.1 Å². The molecule has 7 nitrogen and oxygen atoms in total. The van der Waals surface area contributed by atoms with Crippen molar-refractivity contribution in [2.24, 2.45) is 0 Å². The molecular weight excluding hydrogens is 296 g/mol. The number of aliphatic hydroxyl groups excluding tert-OH is 1. The highest BCUT2D eigenvalue weighted by Crippen LogP contribution is 2.25. The maximum atomic E-state index is 12.2. The molecule has 0 unspecified atom stereocenters. The first-order chi connectivity index (χ1) is 9.57. The summed E-state index contributed by atoms with van der Waals surface area (Å²) in [5.41, 5.74) is -0.219. The minimum absolute atomic E-state index is 0.126. The molecule has 0 aliphatic carbocycles. The third kappa shape index (κ3) is 5.00. The van der Waals surface area contributed by atoms with Gasteiger partial charge in [-0.1, -0.05) is 0 Å². The molecule has 8 heteroatoms. The molecule has 21 heavy (non-hydrogen) atoms. The van der Waals surface area contributed by atoms with Crippen LogP contribution in [0.3, 0.4) is 0 Å². The normalized spacial score (nSPS) is 12.2. The van der Waals surface area contributed by atoms with Crippen LogP contribution in [0.4, 0.5) is 5.69 Å². The summed E-state index contributed by atoms with van der Waals surface area (Å²) in [4.78, 5) is 10.9. The van der Waals surface area contributed by atoms with Crippen molar-refractivity contribution in [1.29, 1.82) is 0 Å². The van der Waals surface area contributed by atoms with E-state index in [2.05, 4.69) is 10.0 Å². The van der Waals surface area contributed by atoms with Gasteiger partial charge in [-0.25, -0.2) is 17.9 Å². The number of carboxylic acids is 1. The zero-order valence-corrected chi connectivity index (χ0v) is 13.0. The van der Waals surface area contributed by atoms with Gasteiger partial charge in [0.05, 0.1) is 17.9 Å². The van der Waals surface area contributed by atoms with Crippen LogP contribution in [-0.4, -0.2) is 43.3 Å². The average Bonchev–Trinajstić information content (AvgIpc) is 2.34. The van der Waals surface area contributed by atoms with E-state index in [9.17, 15) is 13.2 Å². The minimum Gasteiger partial charge on any atom is -0.478 e. The molecule has 1 aromatic carbocycles. The molecule has 1 rings (SSSR count). The summed E-state index contributed by atoms with van der Waals surface area (Å²) in [7, 11) is -3.92. The maximum Gasteiger partial charge on any atom is 0.335 e. The van der Waals surface area contributed by atoms with E-state index in [1.54, 1.807) is 0 Å². The molecule has 0 aliphatic rings. The van der Waals surface area contributed by atoms with Gasteiger partial charge in [0.2, 0.25) is 10.0 Å². The lowest BCUT2D eigenvalue weighted by molar-refractivity contribution is 0.0696. The number of hydrogen-bond acceptors (Lipinski definition) is 5. The number of anilines is 1. The van der Waals surface area contributed by atoms with E-state index in [1.807, 2.05) is 20.8 Å². The highest BCUT2D eigenvalue weighted by atomic mass is 32.2. The summed E-state index contributed by atoms with van der Waals surface area (Å²) in [5.74, 6) is -1.21. The van der Waals surface area contributed by atoms with Gasteiger partial charge in [0.1, 0.15) is 4.90 Å². The lowest BCUT2D eigenvalue weighted by Crippen LogP contribution is -2.31. The van der Waals surface area contributed by atoms with Crippen LogP contribution in [0.2, 0.25) is 0 Å². The highest BCUT2D eigenvalue weighted by molar-refractivity contribution is 7.89. The lowest BCUT2D eigenvalue weighted by Gasteiger charge is -2.24. The van der Waals surface area contributed by atoms with Gasteiger partial charge in [0.15, 0.2) is 0 Å². The third-order valence-electron chi connectivity index (χ3n) is 2.43. The van der Waals surface area contributed by atoms with E-state index in [4.69, 9.17) is 10.2 Å². The largest absolute Gasteiger partial charge is 0.478 e. The molecule has 4 N–H and O–H groups in total. The number of aromatic carboxylic acids is 1. The number of nitrogens with one attached hydrogen (secondary N) is 2. The molecule has 0 aliphatic heterocycles. The summed E-state index contributed by atoms with van der Waals surface area (Å²) < 4.78 is 26.6. The van der Waals surface area contributed by atoms with Gasteiger partial charge >= 0.3 is 5.97 Å². The van der Waals surface area contributed by atoms with Gasteiger partial charge in [-0.15, -0.1) is 0 Å². The summed E-state index contributed by atoms with van der Waals surface area (Å²) in [6, 6.07) is 3.85. The molecule has 0 spiro atoms. The highest BCUT2D eigenvalue weighted by Gasteiger charge is 2.22. The Morgan fingerprint density at radius 3 is 2.38 bits per heavy atom. The Labute approximate surface area is 124 Å². The van der Waals surface area contributed by atoms with Crippen molar-refractivity contribution in [3.05, 3.63) is 23.8 Å². The Balaban J connectivity index is 3.36. The van der Waals surface area contributed by atoms with Gasteiger partial charge in [-0.3, -0.25) is 0 Å². The van der Waals surface area contributed by atoms with Crippen molar-refractivity contribution in [2.75, 3.05) is 18.5 Å². The Hall–Kier alpha value is -1.64. The Morgan fingerprint density at radius 2 is 1.90 bits per heavy atom. The van der Waals surface area contributed by atoms with Gasteiger partial charge < -0.3 is 15.5 Å². The Bertz CT molecular complexity index is 620. The van der Waals surface area contributed by atoms with E-state index >= 15 is 0 Å². The maximum absolute atomic E-state index is 12.2. The molecule has 0 radical (unpaired) electrons. The summed E-state index contributed by atoms with van der Waals surface area (Å²) in [6.45, 7) is 5.08. The lowest BCUT2D eigenvalue weighted by atomic mass is 10.1. The average molecular weight is 316 g/mol.